The van der Waals surface area contributed by atoms with Gasteiger partial charge in [0.2, 0.25) is 0 Å². The van der Waals surface area contributed by atoms with E-state index in [0.717, 1.165) is 0 Å². The monoisotopic (exact) mass is 93.1 g/mol. The molecule has 0 aliphatic heterocycles. The van der Waals surface area contributed by atoms with E-state index < -0.39 is 6.10 Å². The van der Waals surface area contributed by atoms with Crippen molar-refractivity contribution in [1.82, 2.24) is 0 Å². The van der Waals surface area contributed by atoms with Crippen LogP contribution in [0.2, 0.25) is 0 Å². The van der Waals surface area contributed by atoms with Crippen molar-refractivity contribution in [2.24, 2.45) is 0 Å². The molecule has 0 unspecified atom stereocenters. The third kappa shape index (κ3) is 2.14. The average Bonchev–Trinajstić information content (AvgIpc) is 1.65. The minimum Gasteiger partial charge on any atom is -0.394 e. The van der Waals surface area contributed by atoms with Crippen LogP contribution in [0, 0.1) is 0 Å². The summed E-state index contributed by atoms with van der Waals surface area (Å²) in [6, 6.07) is 0. The topological polar surface area (TPSA) is 60.7 Å². The summed E-state index contributed by atoms with van der Waals surface area (Å²) < 4.78 is 0. The van der Waals surface area contributed by atoms with Crippen LogP contribution in [0.25, 0.3) is 0 Å². The van der Waals surface area contributed by atoms with Crippen molar-refractivity contribution in [2.75, 3.05) is 13.2 Å². The molecule has 0 radical (unpaired) electrons. The minimum atomic E-state index is -0.954. The molecule has 0 aliphatic carbocycles. The number of aliphatic hydroxyl groups excluding tert-OH is 3. The van der Waals surface area contributed by atoms with Gasteiger partial charge < -0.3 is 15.3 Å². The first-order valence-electron chi connectivity index (χ1n) is 1.71. The summed E-state index contributed by atoms with van der Waals surface area (Å²) in [4.78, 5) is 0. The van der Waals surface area contributed by atoms with Crippen molar-refractivity contribution >= 4 is 0 Å². The van der Waals surface area contributed by atoms with E-state index in [4.69, 9.17) is 15.3 Å². The van der Waals surface area contributed by atoms with Crippen LogP contribution in [0.15, 0.2) is 0 Å². The molecule has 3 N–H and O–H groups in total. The summed E-state index contributed by atoms with van der Waals surface area (Å²) in [5.41, 5.74) is 0. The molecule has 0 aromatic carbocycles. The third-order valence-corrected chi connectivity index (χ3v) is 0.421. The summed E-state index contributed by atoms with van der Waals surface area (Å²) >= 11 is 0. The van der Waals surface area contributed by atoms with Gasteiger partial charge >= 0.3 is 0 Å². The summed E-state index contributed by atoms with van der Waals surface area (Å²) in [5.74, 6) is 0. The average molecular weight is 93.1 g/mol. The molecule has 0 saturated heterocycles. The smallest absolute Gasteiger partial charge is 0.100 e. The second-order valence-electron chi connectivity index (χ2n) is 1.02. The van der Waals surface area contributed by atoms with Gasteiger partial charge in [-0.05, 0) is 0 Å². The molecule has 0 bridgehead atoms. The van der Waals surface area contributed by atoms with Gasteiger partial charge in [-0.15, -0.1) is 0 Å². The summed E-state index contributed by atoms with van der Waals surface area (Å²) in [6.07, 6.45) is -0.954. The van der Waals surface area contributed by atoms with E-state index >= 15 is 0 Å². The van der Waals surface area contributed by atoms with E-state index in [1.807, 2.05) is 0 Å². The fourth-order valence-corrected chi connectivity index (χ4v) is 0.0577. The maximum absolute atomic E-state index is 8.17. The predicted octanol–water partition coefficient (Wildman–Crippen LogP) is -1.67. The van der Waals surface area contributed by atoms with Crippen molar-refractivity contribution < 1.29 is 15.3 Å². The Kier molecular flexibility index (Phi) is 3.02. The van der Waals surface area contributed by atoms with Crippen LogP contribution in [-0.4, -0.2) is 34.6 Å². The van der Waals surface area contributed by atoms with Crippen molar-refractivity contribution in [3.63, 3.8) is 0 Å². The third-order valence-electron chi connectivity index (χ3n) is 0.421. The van der Waals surface area contributed by atoms with Gasteiger partial charge in [0.15, 0.2) is 0 Å². The molecular formula is C3H8O3. The molecule has 0 rings (SSSR count). The molecule has 0 spiro atoms. The van der Waals surface area contributed by atoms with Gasteiger partial charge in [-0.25, -0.2) is 0 Å². The maximum atomic E-state index is 8.17. The Labute approximate surface area is 35.9 Å². The lowest BCUT2D eigenvalue weighted by atomic mass is 10.6. The molecule has 0 aromatic rings. The van der Waals surface area contributed by atoms with Crippen LogP contribution in [0.4, 0.5) is 0 Å². The van der Waals surface area contributed by atoms with Crippen molar-refractivity contribution in [3.8, 4) is 0 Å². The number of hydrogen-bond acceptors (Lipinski definition) is 3. The number of aliphatic hydroxyl groups is 3. The lowest BCUT2D eigenvalue weighted by molar-refractivity contribution is 0.0450. The highest BCUT2D eigenvalue weighted by atomic mass is 16.4. The van der Waals surface area contributed by atoms with E-state index in [1.54, 1.807) is 0 Å². The summed E-state index contributed by atoms with van der Waals surface area (Å²) in [7, 11) is 0. The zero-order valence-electron chi connectivity index (χ0n) is 3.33. The minimum absolute atomic E-state index is 0.365. The Morgan fingerprint density at radius 2 is 1.50 bits per heavy atom. The Morgan fingerprint density at radius 1 is 1.17 bits per heavy atom. The van der Waals surface area contributed by atoms with Crippen LogP contribution in [0.3, 0.4) is 0 Å². The SMILES string of the molecule is OC[C@@H](O)[13CH2]O. The molecule has 6 heavy (non-hydrogen) atoms. The second kappa shape index (κ2) is 3.08. The van der Waals surface area contributed by atoms with Gasteiger partial charge in [-0.3, -0.25) is 0 Å². The largest absolute Gasteiger partial charge is 0.394 e. The molecular weight excluding hydrogens is 85.0 g/mol. The summed E-state index contributed by atoms with van der Waals surface area (Å²) in [6.45, 7) is -0.729. The van der Waals surface area contributed by atoms with Gasteiger partial charge in [-0.2, -0.15) is 0 Å². The molecule has 0 fully saturated rings. The molecule has 0 heterocycles. The first-order chi connectivity index (χ1) is 2.81. The first kappa shape index (κ1) is 5.88. The van der Waals surface area contributed by atoms with E-state index in [0.29, 0.717) is 0 Å². The molecule has 0 aromatic heterocycles. The molecule has 0 amide bonds. The van der Waals surface area contributed by atoms with Crippen molar-refractivity contribution in [1.29, 1.82) is 0 Å². The fraction of sp³-hybridized carbons (Fsp3) is 1.00. The van der Waals surface area contributed by atoms with Gasteiger partial charge in [0, 0.05) is 0 Å². The Bertz CT molecular complexity index is 25.2. The zero-order chi connectivity index (χ0) is 4.99. The number of hydrogen-bond donors (Lipinski definition) is 3. The molecule has 38 valence electrons. The molecule has 0 saturated carbocycles. The van der Waals surface area contributed by atoms with E-state index in [2.05, 4.69) is 0 Å². The Morgan fingerprint density at radius 3 is 1.50 bits per heavy atom. The molecule has 1 atom stereocenters. The van der Waals surface area contributed by atoms with Crippen molar-refractivity contribution in [2.45, 2.75) is 6.10 Å². The Balaban J connectivity index is 2.75. The number of rotatable bonds is 2. The lowest BCUT2D eigenvalue weighted by Gasteiger charge is -1.96. The van der Waals surface area contributed by atoms with Crippen molar-refractivity contribution in [3.05, 3.63) is 0 Å². The maximum Gasteiger partial charge on any atom is 0.100 e. The van der Waals surface area contributed by atoms with Gasteiger partial charge in [-0.1, -0.05) is 0 Å². The lowest BCUT2D eigenvalue weighted by Crippen LogP contribution is -2.15. The highest BCUT2D eigenvalue weighted by Crippen LogP contribution is 1.71. The predicted molar refractivity (Wildman–Crippen MR) is 20.2 cm³/mol. The van der Waals surface area contributed by atoms with Gasteiger partial charge in [0.1, 0.15) is 6.10 Å². The molecule has 3 heteroatoms. The van der Waals surface area contributed by atoms with Crippen LogP contribution in [0.1, 0.15) is 0 Å². The van der Waals surface area contributed by atoms with E-state index in [-0.39, 0.29) is 13.2 Å². The van der Waals surface area contributed by atoms with E-state index in [9.17, 15) is 0 Å². The standard InChI is InChI=1S/C3H8O3/c4-1-3(6)2-5/h3-6H,1-2H2/i1+1/t3-/m0/s1. The van der Waals surface area contributed by atoms with E-state index in [1.165, 1.54) is 0 Å². The quantitative estimate of drug-likeness (QED) is 0.358. The van der Waals surface area contributed by atoms with Crippen LogP contribution in [0.5, 0.6) is 0 Å². The van der Waals surface area contributed by atoms with Gasteiger partial charge in [0.25, 0.3) is 0 Å². The Hall–Kier alpha value is -0.120. The van der Waals surface area contributed by atoms with Crippen LogP contribution in [-0.2, 0) is 0 Å². The first-order valence-corrected chi connectivity index (χ1v) is 1.71. The van der Waals surface area contributed by atoms with Gasteiger partial charge in [0.05, 0.1) is 13.2 Å². The van der Waals surface area contributed by atoms with Crippen LogP contribution >= 0.6 is 0 Å². The summed E-state index contributed by atoms with van der Waals surface area (Å²) in [5, 5.41) is 24.0. The zero-order valence-corrected chi connectivity index (χ0v) is 3.33. The normalized spacial score (nSPS) is 14.5. The molecule has 3 nitrogen and oxygen atoms in total. The second-order valence-corrected chi connectivity index (χ2v) is 1.02. The highest BCUT2D eigenvalue weighted by Gasteiger charge is 1.93. The highest BCUT2D eigenvalue weighted by molar-refractivity contribution is 4.43. The fourth-order valence-electron chi connectivity index (χ4n) is 0.0577. The molecule has 0 aliphatic rings. The van der Waals surface area contributed by atoms with Crippen LogP contribution < -0.4 is 0 Å².